The summed E-state index contributed by atoms with van der Waals surface area (Å²) in [6, 6.07) is 6.83. The topological polar surface area (TPSA) is 92.4 Å². The minimum Gasteiger partial charge on any atom is -0.367 e. The highest BCUT2D eigenvalue weighted by molar-refractivity contribution is 7.89. The summed E-state index contributed by atoms with van der Waals surface area (Å²) in [7, 11) is -3.76. The summed E-state index contributed by atoms with van der Waals surface area (Å²) in [5, 5.41) is 5.84. The molecule has 140 valence electrons. The van der Waals surface area contributed by atoms with E-state index in [0.29, 0.717) is 43.4 Å². The number of piperazine rings is 1. The van der Waals surface area contributed by atoms with Gasteiger partial charge in [-0.3, -0.25) is 0 Å². The molecule has 0 aliphatic carbocycles. The summed E-state index contributed by atoms with van der Waals surface area (Å²) in [6.45, 7) is 6.64. The van der Waals surface area contributed by atoms with Gasteiger partial charge in [-0.2, -0.15) is 0 Å². The quantitative estimate of drug-likeness (QED) is 0.795. The molecule has 9 heteroatoms. The summed E-state index contributed by atoms with van der Waals surface area (Å²) < 4.78 is 23.7. The Morgan fingerprint density at radius 2 is 1.73 bits per heavy atom. The van der Waals surface area contributed by atoms with Crippen LogP contribution in [0.15, 0.2) is 29.2 Å². The van der Waals surface area contributed by atoms with Gasteiger partial charge in [-0.05, 0) is 19.1 Å². The van der Waals surface area contributed by atoms with Crippen molar-refractivity contribution >= 4 is 33.1 Å². The van der Waals surface area contributed by atoms with E-state index >= 15 is 0 Å². The Labute approximate surface area is 158 Å². The van der Waals surface area contributed by atoms with Gasteiger partial charge < -0.3 is 9.80 Å². The number of halogens is 1. The fourth-order valence-corrected chi connectivity index (χ4v) is 4.04. The molecule has 2 heterocycles. The van der Waals surface area contributed by atoms with Gasteiger partial charge in [-0.1, -0.05) is 30.7 Å². The number of aryl methyl sites for hydroxylation is 1. The van der Waals surface area contributed by atoms with E-state index in [-0.39, 0.29) is 4.90 Å². The Kier molecular flexibility index (Phi) is 5.36. The molecular weight excluding hydrogens is 374 g/mol. The molecule has 1 fully saturated rings. The normalized spacial score (nSPS) is 15.4. The molecule has 26 heavy (non-hydrogen) atoms. The fraction of sp³-hybridized carbons (Fsp3) is 0.412. The Bertz CT molecular complexity index is 911. The summed E-state index contributed by atoms with van der Waals surface area (Å²) in [5.41, 5.74) is 1.50. The predicted octanol–water partition coefficient (Wildman–Crippen LogP) is 1.97. The number of anilines is 2. The Morgan fingerprint density at radius 1 is 1.12 bits per heavy atom. The largest absolute Gasteiger partial charge is 0.367 e. The molecule has 1 saturated heterocycles. The van der Waals surface area contributed by atoms with Crippen LogP contribution in [-0.4, -0.2) is 44.6 Å². The van der Waals surface area contributed by atoms with Crippen LogP contribution in [0, 0.1) is 6.92 Å². The molecule has 0 saturated carbocycles. The average molecular weight is 396 g/mol. The van der Waals surface area contributed by atoms with Crippen LogP contribution in [0.4, 0.5) is 11.5 Å². The zero-order valence-electron chi connectivity index (χ0n) is 14.8. The molecule has 0 amide bonds. The number of benzene rings is 1. The Balaban J connectivity index is 1.82. The molecule has 0 radical (unpaired) electrons. The molecule has 0 bridgehead atoms. The monoisotopic (exact) mass is 395 g/mol. The highest BCUT2D eigenvalue weighted by Crippen LogP contribution is 2.28. The van der Waals surface area contributed by atoms with E-state index in [2.05, 4.69) is 14.9 Å². The van der Waals surface area contributed by atoms with Gasteiger partial charge in [0.05, 0.1) is 5.69 Å². The van der Waals surface area contributed by atoms with Crippen LogP contribution >= 0.6 is 11.6 Å². The number of nitrogens with two attached hydrogens (primary N) is 1. The van der Waals surface area contributed by atoms with Crippen molar-refractivity contribution in [3.8, 4) is 0 Å². The van der Waals surface area contributed by atoms with Gasteiger partial charge in [0.15, 0.2) is 0 Å². The molecular formula is C17H22ClN5O2S. The van der Waals surface area contributed by atoms with Crippen LogP contribution in [0.1, 0.15) is 18.3 Å². The van der Waals surface area contributed by atoms with E-state index in [4.69, 9.17) is 16.7 Å². The molecule has 1 aliphatic heterocycles. The first-order chi connectivity index (χ1) is 12.3. The van der Waals surface area contributed by atoms with Crippen molar-refractivity contribution in [3.05, 3.63) is 40.8 Å². The van der Waals surface area contributed by atoms with Crippen molar-refractivity contribution in [2.24, 2.45) is 5.14 Å². The number of hydrogen-bond donors (Lipinski definition) is 1. The van der Waals surface area contributed by atoms with Crippen molar-refractivity contribution in [1.82, 2.24) is 9.97 Å². The lowest BCUT2D eigenvalue weighted by Crippen LogP contribution is -2.47. The third-order valence-electron chi connectivity index (χ3n) is 4.51. The number of nitrogens with zero attached hydrogens (tertiary/aromatic N) is 4. The third kappa shape index (κ3) is 3.77. The molecule has 7 nitrogen and oxygen atoms in total. The van der Waals surface area contributed by atoms with Crippen LogP contribution in [0.5, 0.6) is 0 Å². The van der Waals surface area contributed by atoms with Gasteiger partial charge in [0.1, 0.15) is 21.7 Å². The maximum atomic E-state index is 11.8. The first-order valence-electron chi connectivity index (χ1n) is 8.46. The van der Waals surface area contributed by atoms with E-state index in [1.165, 1.54) is 0 Å². The van der Waals surface area contributed by atoms with E-state index in [0.717, 1.165) is 17.2 Å². The number of aromatic nitrogens is 2. The van der Waals surface area contributed by atoms with Gasteiger partial charge >= 0.3 is 0 Å². The Morgan fingerprint density at radius 3 is 2.35 bits per heavy atom. The van der Waals surface area contributed by atoms with Gasteiger partial charge in [0.25, 0.3) is 0 Å². The first kappa shape index (κ1) is 18.9. The van der Waals surface area contributed by atoms with E-state index in [9.17, 15) is 8.42 Å². The second kappa shape index (κ2) is 7.38. The molecule has 0 spiro atoms. The smallest absolute Gasteiger partial charge is 0.240 e. The van der Waals surface area contributed by atoms with Crippen molar-refractivity contribution in [2.75, 3.05) is 36.0 Å². The minimum absolute atomic E-state index is 0.156. The van der Waals surface area contributed by atoms with Crippen LogP contribution in [-0.2, 0) is 16.4 Å². The predicted molar refractivity (Wildman–Crippen MR) is 103 cm³/mol. The van der Waals surface area contributed by atoms with E-state index in [1.807, 2.05) is 24.8 Å². The highest BCUT2D eigenvalue weighted by Gasteiger charge is 2.24. The van der Waals surface area contributed by atoms with Gasteiger partial charge in [0.2, 0.25) is 10.0 Å². The SMILES string of the molecule is CCc1nc(Cl)c(C)c(N2CCN(c3ccccc3S(N)(=O)=O)CC2)n1. The lowest BCUT2D eigenvalue weighted by atomic mass is 10.2. The first-order valence-corrected chi connectivity index (χ1v) is 10.4. The van der Waals surface area contributed by atoms with Gasteiger partial charge in [-0.15, -0.1) is 0 Å². The summed E-state index contributed by atoms with van der Waals surface area (Å²) in [6.07, 6.45) is 0.717. The maximum absolute atomic E-state index is 11.8. The summed E-state index contributed by atoms with van der Waals surface area (Å²) in [5.74, 6) is 1.57. The molecule has 1 aromatic carbocycles. The van der Waals surface area contributed by atoms with Crippen molar-refractivity contribution < 1.29 is 8.42 Å². The molecule has 0 unspecified atom stereocenters. The number of primary sulfonamides is 1. The number of para-hydroxylation sites is 1. The van der Waals surface area contributed by atoms with Crippen LogP contribution in [0.3, 0.4) is 0 Å². The van der Waals surface area contributed by atoms with Crippen molar-refractivity contribution in [2.45, 2.75) is 25.2 Å². The molecule has 3 rings (SSSR count). The van der Waals surface area contributed by atoms with Crippen molar-refractivity contribution in [3.63, 3.8) is 0 Å². The van der Waals surface area contributed by atoms with Gasteiger partial charge in [-0.25, -0.2) is 23.5 Å². The molecule has 2 aromatic rings. The number of sulfonamides is 1. The standard InChI is InChI=1S/C17H22ClN5O2S/c1-3-15-20-16(18)12(2)17(21-15)23-10-8-22(9-11-23)13-6-4-5-7-14(13)26(19,24)25/h4-7H,3,8-11H2,1-2H3,(H2,19,24,25). The van der Waals surface area contributed by atoms with E-state index in [1.54, 1.807) is 18.2 Å². The lowest BCUT2D eigenvalue weighted by Gasteiger charge is -2.38. The van der Waals surface area contributed by atoms with Crippen LogP contribution < -0.4 is 14.9 Å². The lowest BCUT2D eigenvalue weighted by molar-refractivity contribution is 0.595. The zero-order valence-corrected chi connectivity index (χ0v) is 16.4. The minimum atomic E-state index is -3.76. The zero-order chi connectivity index (χ0) is 18.9. The summed E-state index contributed by atoms with van der Waals surface area (Å²) in [4.78, 5) is 13.3. The van der Waals surface area contributed by atoms with Gasteiger partial charge in [0, 0.05) is 38.2 Å². The molecule has 2 N–H and O–H groups in total. The van der Waals surface area contributed by atoms with E-state index < -0.39 is 10.0 Å². The highest BCUT2D eigenvalue weighted by atomic mass is 35.5. The maximum Gasteiger partial charge on any atom is 0.240 e. The second-order valence-electron chi connectivity index (χ2n) is 6.22. The number of rotatable bonds is 4. The van der Waals surface area contributed by atoms with Crippen LogP contribution in [0.25, 0.3) is 0 Å². The number of hydrogen-bond acceptors (Lipinski definition) is 6. The average Bonchev–Trinajstić information content (AvgIpc) is 2.63. The van der Waals surface area contributed by atoms with Crippen LogP contribution in [0.2, 0.25) is 5.15 Å². The molecule has 0 atom stereocenters. The summed E-state index contributed by atoms with van der Waals surface area (Å²) >= 11 is 6.24. The molecule has 1 aliphatic rings. The fourth-order valence-electron chi connectivity index (χ4n) is 3.10. The second-order valence-corrected chi connectivity index (χ2v) is 8.11. The third-order valence-corrected chi connectivity index (χ3v) is 5.84. The molecule has 1 aromatic heterocycles. The Hall–Kier alpha value is -1.90. The van der Waals surface area contributed by atoms with Crippen molar-refractivity contribution in [1.29, 1.82) is 0 Å².